The molecule has 23 heavy (non-hydrogen) atoms. The van der Waals surface area contributed by atoms with Crippen molar-refractivity contribution in [2.45, 2.75) is 6.42 Å². The average molecular weight is 309 g/mol. The van der Waals surface area contributed by atoms with E-state index in [9.17, 15) is 9.18 Å². The number of nitrogens with one attached hydrogen (secondary N) is 1. The molecule has 2 aromatic carbocycles. The minimum Gasteiger partial charge on any atom is -0.352 e. The second kappa shape index (κ2) is 6.87. The van der Waals surface area contributed by atoms with Crippen molar-refractivity contribution in [1.82, 2.24) is 15.1 Å². The fourth-order valence-corrected chi connectivity index (χ4v) is 2.26. The van der Waals surface area contributed by atoms with Gasteiger partial charge in [0, 0.05) is 24.7 Å². The van der Waals surface area contributed by atoms with Crippen molar-refractivity contribution in [2.24, 2.45) is 0 Å². The Bertz CT molecular complexity index is 799. The van der Waals surface area contributed by atoms with Gasteiger partial charge < -0.3 is 5.32 Å². The Balaban J connectivity index is 1.55. The van der Waals surface area contributed by atoms with Crippen molar-refractivity contribution in [2.75, 3.05) is 6.54 Å². The fraction of sp³-hybridized carbons (Fsp3) is 0.111. The quantitative estimate of drug-likeness (QED) is 0.787. The molecule has 116 valence electrons. The Hall–Kier alpha value is -2.95. The highest BCUT2D eigenvalue weighted by Gasteiger charge is 2.06. The lowest BCUT2D eigenvalue weighted by atomic mass is 10.2. The molecule has 4 nitrogen and oxygen atoms in total. The highest BCUT2D eigenvalue weighted by atomic mass is 19.1. The molecule has 0 unspecified atom stereocenters. The van der Waals surface area contributed by atoms with Crippen LogP contribution in [0.3, 0.4) is 0 Å². The van der Waals surface area contributed by atoms with Gasteiger partial charge in [0.15, 0.2) is 0 Å². The highest BCUT2D eigenvalue weighted by Crippen LogP contribution is 2.07. The fourth-order valence-electron chi connectivity index (χ4n) is 2.26. The molecule has 5 heteroatoms. The predicted octanol–water partition coefficient (Wildman–Crippen LogP) is 2.98. The molecule has 0 bridgehead atoms. The van der Waals surface area contributed by atoms with Crippen molar-refractivity contribution in [1.29, 1.82) is 0 Å². The topological polar surface area (TPSA) is 46.9 Å². The zero-order chi connectivity index (χ0) is 16.1. The summed E-state index contributed by atoms with van der Waals surface area (Å²) >= 11 is 0. The monoisotopic (exact) mass is 309 g/mol. The molecule has 0 saturated heterocycles. The van der Waals surface area contributed by atoms with E-state index in [-0.39, 0.29) is 5.91 Å². The molecule has 0 saturated carbocycles. The largest absolute Gasteiger partial charge is 0.352 e. The number of halogens is 1. The van der Waals surface area contributed by atoms with Gasteiger partial charge in [-0.15, -0.1) is 0 Å². The number of amides is 1. The molecule has 0 aliphatic carbocycles. The maximum atomic E-state index is 13.1. The normalized spacial score (nSPS) is 10.5. The summed E-state index contributed by atoms with van der Waals surface area (Å²) in [7, 11) is 0. The lowest BCUT2D eigenvalue weighted by Gasteiger charge is -2.04. The van der Waals surface area contributed by atoms with Gasteiger partial charge in [0.25, 0.3) is 5.91 Å². The molecule has 1 heterocycles. The maximum Gasteiger partial charge on any atom is 0.251 e. The maximum absolute atomic E-state index is 13.1. The van der Waals surface area contributed by atoms with Gasteiger partial charge in [-0.05, 0) is 36.4 Å². The van der Waals surface area contributed by atoms with Crippen LogP contribution in [0.1, 0.15) is 16.1 Å². The molecule has 3 rings (SSSR count). The van der Waals surface area contributed by atoms with Crippen LogP contribution in [0.5, 0.6) is 0 Å². The molecule has 0 spiro atoms. The van der Waals surface area contributed by atoms with Gasteiger partial charge in [0.1, 0.15) is 5.82 Å². The summed E-state index contributed by atoms with van der Waals surface area (Å²) in [5.74, 6) is -0.703. The minimum absolute atomic E-state index is 0.285. The molecule has 1 N–H and O–H groups in total. The van der Waals surface area contributed by atoms with Crippen LogP contribution in [0.25, 0.3) is 5.69 Å². The number of aromatic nitrogens is 2. The van der Waals surface area contributed by atoms with Crippen LogP contribution in [-0.2, 0) is 6.42 Å². The van der Waals surface area contributed by atoms with Gasteiger partial charge in [-0.1, -0.05) is 24.3 Å². The third kappa shape index (κ3) is 3.83. The second-order valence-electron chi connectivity index (χ2n) is 5.10. The van der Waals surface area contributed by atoms with Crippen molar-refractivity contribution >= 4 is 5.91 Å². The first kappa shape index (κ1) is 15.0. The molecular formula is C18H16FN3O. The van der Waals surface area contributed by atoms with E-state index in [2.05, 4.69) is 10.4 Å². The van der Waals surface area contributed by atoms with Gasteiger partial charge in [0.05, 0.1) is 11.4 Å². The van der Waals surface area contributed by atoms with Crippen LogP contribution in [0.4, 0.5) is 4.39 Å². The van der Waals surface area contributed by atoms with Gasteiger partial charge in [-0.2, -0.15) is 5.10 Å². The van der Waals surface area contributed by atoms with E-state index in [1.807, 2.05) is 42.6 Å². The number of rotatable bonds is 5. The van der Waals surface area contributed by atoms with Crippen molar-refractivity contribution in [3.63, 3.8) is 0 Å². The molecule has 0 atom stereocenters. The first-order chi connectivity index (χ1) is 11.2. The third-order valence-electron chi connectivity index (χ3n) is 3.42. The number of benzene rings is 2. The summed E-state index contributed by atoms with van der Waals surface area (Å²) in [5.41, 5.74) is 2.19. The number of hydrogen-bond acceptors (Lipinski definition) is 2. The summed E-state index contributed by atoms with van der Waals surface area (Å²) < 4.78 is 14.9. The Morgan fingerprint density at radius 2 is 1.91 bits per heavy atom. The van der Waals surface area contributed by atoms with Crippen molar-refractivity contribution in [3.8, 4) is 5.69 Å². The molecule has 0 aliphatic heterocycles. The lowest BCUT2D eigenvalue weighted by Crippen LogP contribution is -2.25. The van der Waals surface area contributed by atoms with Crippen LogP contribution in [0.2, 0.25) is 0 Å². The molecule has 0 radical (unpaired) electrons. The van der Waals surface area contributed by atoms with E-state index in [0.29, 0.717) is 18.5 Å². The molecule has 1 amide bonds. The van der Waals surface area contributed by atoms with Crippen LogP contribution in [0.15, 0.2) is 66.9 Å². The highest BCUT2D eigenvalue weighted by molar-refractivity contribution is 5.94. The van der Waals surface area contributed by atoms with Crippen LogP contribution in [0, 0.1) is 5.82 Å². The predicted molar refractivity (Wildman–Crippen MR) is 86.0 cm³/mol. The van der Waals surface area contributed by atoms with E-state index in [1.165, 1.54) is 18.2 Å². The summed E-state index contributed by atoms with van der Waals surface area (Å²) in [6.45, 7) is 0.446. The van der Waals surface area contributed by atoms with Gasteiger partial charge in [0.2, 0.25) is 0 Å². The second-order valence-corrected chi connectivity index (χ2v) is 5.10. The zero-order valence-electron chi connectivity index (χ0n) is 12.4. The third-order valence-corrected chi connectivity index (χ3v) is 3.42. The average Bonchev–Trinajstić information content (AvgIpc) is 3.04. The van der Waals surface area contributed by atoms with Crippen LogP contribution in [-0.4, -0.2) is 22.2 Å². The summed E-state index contributed by atoms with van der Waals surface area (Å²) in [5, 5.41) is 7.24. The zero-order valence-corrected chi connectivity index (χ0v) is 12.4. The lowest BCUT2D eigenvalue weighted by molar-refractivity contribution is 0.0953. The molecule has 3 aromatic rings. The van der Waals surface area contributed by atoms with Crippen molar-refractivity contribution in [3.05, 3.63) is 83.9 Å². The standard InChI is InChI=1S/C18H16FN3O/c19-15-6-4-5-14(13-15)18(23)20-11-9-16-10-12-22(21-16)17-7-2-1-3-8-17/h1-8,10,12-13H,9,11H2,(H,20,23). The summed E-state index contributed by atoms with van der Waals surface area (Å²) in [6.07, 6.45) is 2.50. The molecule has 0 aliphatic rings. The molecular weight excluding hydrogens is 293 g/mol. The van der Waals surface area contributed by atoms with E-state index in [4.69, 9.17) is 0 Å². The van der Waals surface area contributed by atoms with E-state index in [0.717, 1.165) is 11.4 Å². The summed E-state index contributed by atoms with van der Waals surface area (Å²) in [6, 6.07) is 17.4. The van der Waals surface area contributed by atoms with Crippen molar-refractivity contribution < 1.29 is 9.18 Å². The number of nitrogens with zero attached hydrogens (tertiary/aromatic N) is 2. The van der Waals surface area contributed by atoms with E-state index in [1.54, 1.807) is 10.7 Å². The molecule has 1 aromatic heterocycles. The number of carbonyl (C=O) groups is 1. The summed E-state index contributed by atoms with van der Waals surface area (Å²) in [4.78, 5) is 11.9. The van der Waals surface area contributed by atoms with Crippen LogP contribution >= 0.6 is 0 Å². The van der Waals surface area contributed by atoms with E-state index >= 15 is 0 Å². The minimum atomic E-state index is -0.417. The SMILES string of the molecule is O=C(NCCc1ccn(-c2ccccc2)n1)c1cccc(F)c1. The van der Waals surface area contributed by atoms with Gasteiger partial charge in [-0.25, -0.2) is 9.07 Å². The Morgan fingerprint density at radius 1 is 1.09 bits per heavy atom. The first-order valence-corrected chi connectivity index (χ1v) is 7.36. The Morgan fingerprint density at radius 3 is 2.70 bits per heavy atom. The van der Waals surface area contributed by atoms with Gasteiger partial charge >= 0.3 is 0 Å². The number of hydrogen-bond donors (Lipinski definition) is 1. The number of para-hydroxylation sites is 1. The number of carbonyl (C=O) groups excluding carboxylic acids is 1. The molecule has 0 fully saturated rings. The Labute approximate surface area is 133 Å². The van der Waals surface area contributed by atoms with Gasteiger partial charge in [-0.3, -0.25) is 4.79 Å². The van der Waals surface area contributed by atoms with Crippen LogP contribution < -0.4 is 5.32 Å². The smallest absolute Gasteiger partial charge is 0.251 e. The Kier molecular flexibility index (Phi) is 4.47. The van der Waals surface area contributed by atoms with E-state index < -0.39 is 5.82 Å². The first-order valence-electron chi connectivity index (χ1n) is 7.36.